The Morgan fingerprint density at radius 2 is 2.12 bits per heavy atom. The fourth-order valence-electron chi connectivity index (χ4n) is 1.63. The van der Waals surface area contributed by atoms with Crippen LogP contribution in [0, 0.1) is 0 Å². The Balaban J connectivity index is 2.51. The van der Waals surface area contributed by atoms with Gasteiger partial charge in [0, 0.05) is 6.04 Å². The van der Waals surface area contributed by atoms with Gasteiger partial charge in [0.25, 0.3) is 5.91 Å². The van der Waals surface area contributed by atoms with Gasteiger partial charge in [-0.2, -0.15) is 0 Å². The molecule has 0 aliphatic rings. The van der Waals surface area contributed by atoms with E-state index >= 15 is 0 Å². The summed E-state index contributed by atoms with van der Waals surface area (Å²) in [5.74, 6) is -0.163. The van der Waals surface area contributed by atoms with E-state index in [0.29, 0.717) is 9.47 Å². The molecule has 0 aliphatic heterocycles. The predicted octanol–water partition coefficient (Wildman–Crippen LogP) is 3.28. The molecule has 0 fully saturated rings. The van der Waals surface area contributed by atoms with Crippen LogP contribution in [0.15, 0.2) is 0 Å². The van der Waals surface area contributed by atoms with Crippen molar-refractivity contribution in [3.8, 4) is 0 Å². The number of aromatic nitrogens is 2. The molecule has 1 amide bonds. The van der Waals surface area contributed by atoms with Crippen molar-refractivity contribution < 1.29 is 4.79 Å². The lowest BCUT2D eigenvalue weighted by Gasteiger charge is -2.16. The number of hydrogen-bond donors (Lipinski definition) is 1. The maximum atomic E-state index is 11.8. The van der Waals surface area contributed by atoms with Gasteiger partial charge in [0.15, 0.2) is 0 Å². The van der Waals surface area contributed by atoms with E-state index in [2.05, 4.69) is 29.4 Å². The number of nitrogens with one attached hydrogen (secondary N) is 1. The van der Waals surface area contributed by atoms with Gasteiger partial charge in [0.1, 0.15) is 0 Å². The number of unbranched alkanes of at least 4 members (excludes halogenated alkanes) is 1. The summed E-state index contributed by atoms with van der Waals surface area (Å²) in [4.78, 5) is 11.8. The van der Waals surface area contributed by atoms with E-state index in [9.17, 15) is 4.79 Å². The number of rotatable bonds is 7. The Bertz CT molecular complexity index is 356. The van der Waals surface area contributed by atoms with Gasteiger partial charge in [-0.3, -0.25) is 4.79 Å². The van der Waals surface area contributed by atoms with Crippen molar-refractivity contribution in [2.45, 2.75) is 52.0 Å². The van der Waals surface area contributed by atoms with Crippen molar-refractivity contribution in [1.82, 2.24) is 15.5 Å². The Morgan fingerprint density at radius 3 is 2.65 bits per heavy atom. The van der Waals surface area contributed by atoms with Crippen molar-refractivity contribution in [3.05, 3.63) is 9.47 Å². The molecule has 0 spiro atoms. The predicted molar refractivity (Wildman–Crippen MR) is 70.6 cm³/mol. The van der Waals surface area contributed by atoms with Gasteiger partial charge in [-0.25, -0.2) is 0 Å². The molecule has 17 heavy (non-hydrogen) atoms. The molecule has 6 heteroatoms. The van der Waals surface area contributed by atoms with Crippen molar-refractivity contribution in [2.24, 2.45) is 0 Å². The molecule has 0 aliphatic carbocycles. The maximum absolute atomic E-state index is 11.8. The van der Waals surface area contributed by atoms with Crippen LogP contribution in [0.1, 0.15) is 55.8 Å². The second-order valence-electron chi connectivity index (χ2n) is 3.96. The summed E-state index contributed by atoms with van der Waals surface area (Å²) in [7, 11) is 0. The van der Waals surface area contributed by atoms with E-state index in [1.54, 1.807) is 0 Å². The van der Waals surface area contributed by atoms with Crippen LogP contribution in [0.25, 0.3) is 0 Å². The molecular weight excluding hydrogens is 258 g/mol. The lowest BCUT2D eigenvalue weighted by atomic mass is 10.1. The minimum Gasteiger partial charge on any atom is -0.347 e. The van der Waals surface area contributed by atoms with Crippen LogP contribution in [-0.4, -0.2) is 22.1 Å². The van der Waals surface area contributed by atoms with Crippen LogP contribution in [0.3, 0.4) is 0 Å². The van der Waals surface area contributed by atoms with E-state index in [0.717, 1.165) is 43.4 Å². The van der Waals surface area contributed by atoms with Crippen LogP contribution in [0.2, 0.25) is 4.47 Å². The summed E-state index contributed by atoms with van der Waals surface area (Å²) >= 11 is 6.76. The Hall–Kier alpha value is -0.680. The first kappa shape index (κ1) is 14.4. The topological polar surface area (TPSA) is 54.9 Å². The van der Waals surface area contributed by atoms with Gasteiger partial charge in [0.2, 0.25) is 9.47 Å². The number of carbonyl (C=O) groups is 1. The summed E-state index contributed by atoms with van der Waals surface area (Å²) in [6, 6.07) is 0.232. The molecule has 1 aromatic rings. The van der Waals surface area contributed by atoms with E-state index in [-0.39, 0.29) is 11.9 Å². The first-order chi connectivity index (χ1) is 8.17. The maximum Gasteiger partial charge on any atom is 0.282 e. The third kappa shape index (κ3) is 5.00. The Kier molecular flexibility index (Phi) is 6.44. The molecule has 0 bridgehead atoms. The largest absolute Gasteiger partial charge is 0.347 e. The monoisotopic (exact) mass is 275 g/mol. The zero-order valence-corrected chi connectivity index (χ0v) is 11.8. The minimum absolute atomic E-state index is 0.163. The summed E-state index contributed by atoms with van der Waals surface area (Å²) in [6.07, 6.45) is 5.34. The third-order valence-corrected chi connectivity index (χ3v) is 3.49. The summed E-state index contributed by atoms with van der Waals surface area (Å²) < 4.78 is 0.302. The van der Waals surface area contributed by atoms with E-state index < -0.39 is 0 Å². The molecular formula is C11H18ClN3OS. The number of halogens is 1. The number of hydrogen-bond acceptors (Lipinski definition) is 4. The van der Waals surface area contributed by atoms with Crippen LogP contribution < -0.4 is 5.32 Å². The summed E-state index contributed by atoms with van der Waals surface area (Å²) in [5, 5.41) is 10.7. The van der Waals surface area contributed by atoms with E-state index in [1.807, 2.05) is 0 Å². The van der Waals surface area contributed by atoms with E-state index in [4.69, 9.17) is 11.6 Å². The standard InChI is InChI=1S/C11H18ClN3OS/c1-3-5-7-8(6-4-2)13-9(16)10-14-15-11(12)17-10/h8H,3-7H2,1-2H3,(H,13,16). The molecule has 1 aromatic heterocycles. The lowest BCUT2D eigenvalue weighted by molar-refractivity contribution is 0.0931. The minimum atomic E-state index is -0.163. The average molecular weight is 276 g/mol. The smallest absolute Gasteiger partial charge is 0.282 e. The molecule has 1 atom stereocenters. The second-order valence-corrected chi connectivity index (χ2v) is 5.52. The third-order valence-electron chi connectivity index (χ3n) is 2.47. The quantitative estimate of drug-likeness (QED) is 0.831. The van der Waals surface area contributed by atoms with Gasteiger partial charge in [-0.05, 0) is 24.4 Å². The molecule has 0 radical (unpaired) electrons. The first-order valence-corrected chi connectivity index (χ1v) is 7.16. The second kappa shape index (κ2) is 7.61. The highest BCUT2D eigenvalue weighted by Gasteiger charge is 2.16. The average Bonchev–Trinajstić information content (AvgIpc) is 2.73. The van der Waals surface area contributed by atoms with Gasteiger partial charge >= 0.3 is 0 Å². The molecule has 1 unspecified atom stereocenters. The molecule has 0 aromatic carbocycles. The highest BCUT2D eigenvalue weighted by molar-refractivity contribution is 7.17. The highest BCUT2D eigenvalue weighted by atomic mass is 35.5. The van der Waals surface area contributed by atoms with Gasteiger partial charge in [-0.1, -0.05) is 44.4 Å². The highest BCUT2D eigenvalue weighted by Crippen LogP contribution is 2.15. The fraction of sp³-hybridized carbons (Fsp3) is 0.727. The fourth-order valence-corrected chi connectivity index (χ4v) is 2.36. The molecule has 1 rings (SSSR count). The van der Waals surface area contributed by atoms with Crippen molar-refractivity contribution in [1.29, 1.82) is 0 Å². The number of carbonyl (C=O) groups excluding carboxylic acids is 1. The molecule has 1 N–H and O–H groups in total. The lowest BCUT2D eigenvalue weighted by Crippen LogP contribution is -2.34. The van der Waals surface area contributed by atoms with Crippen LogP contribution in [-0.2, 0) is 0 Å². The van der Waals surface area contributed by atoms with Crippen LogP contribution in [0.4, 0.5) is 0 Å². The summed E-state index contributed by atoms with van der Waals surface area (Å²) in [5.41, 5.74) is 0. The normalized spacial score (nSPS) is 12.4. The SMILES string of the molecule is CCCCC(CCC)NC(=O)c1nnc(Cl)s1. The first-order valence-electron chi connectivity index (χ1n) is 5.97. The molecule has 4 nitrogen and oxygen atoms in total. The number of amides is 1. The Labute approximate surface area is 111 Å². The van der Waals surface area contributed by atoms with Gasteiger partial charge in [0.05, 0.1) is 0 Å². The summed E-state index contributed by atoms with van der Waals surface area (Å²) in [6.45, 7) is 4.27. The molecule has 1 heterocycles. The van der Waals surface area contributed by atoms with Crippen molar-refractivity contribution >= 4 is 28.8 Å². The molecule has 96 valence electrons. The Morgan fingerprint density at radius 1 is 1.35 bits per heavy atom. The van der Waals surface area contributed by atoms with Crippen LogP contribution >= 0.6 is 22.9 Å². The molecule has 0 saturated carbocycles. The zero-order valence-electron chi connectivity index (χ0n) is 10.2. The van der Waals surface area contributed by atoms with Gasteiger partial charge < -0.3 is 5.32 Å². The van der Waals surface area contributed by atoms with Crippen molar-refractivity contribution in [2.75, 3.05) is 0 Å². The number of nitrogens with zero attached hydrogens (tertiary/aromatic N) is 2. The van der Waals surface area contributed by atoms with Gasteiger partial charge in [-0.15, -0.1) is 10.2 Å². The van der Waals surface area contributed by atoms with E-state index in [1.165, 1.54) is 0 Å². The molecule has 0 saturated heterocycles. The zero-order chi connectivity index (χ0) is 12.7. The van der Waals surface area contributed by atoms with Crippen LogP contribution in [0.5, 0.6) is 0 Å². The van der Waals surface area contributed by atoms with Crippen molar-refractivity contribution in [3.63, 3.8) is 0 Å².